The minimum atomic E-state index is 0.680. The molecule has 0 bridgehead atoms. The van der Waals surface area contributed by atoms with Gasteiger partial charge in [0.2, 0.25) is 0 Å². The number of nitrogens with two attached hydrogens (primary N) is 1. The van der Waals surface area contributed by atoms with Gasteiger partial charge in [0.15, 0.2) is 0 Å². The minimum absolute atomic E-state index is 0.680. The fraction of sp³-hybridized carbons (Fsp3) is 0.133. The lowest BCUT2D eigenvalue weighted by Crippen LogP contribution is -1.98. The Hall–Kier alpha value is -1.81. The number of benzene rings is 1. The first kappa shape index (κ1) is 12.2. The molecular weight excluding hydrogens is 302 g/mol. The lowest BCUT2D eigenvalue weighted by molar-refractivity contribution is 1.09. The fourth-order valence-corrected chi connectivity index (χ4v) is 2.88. The summed E-state index contributed by atoms with van der Waals surface area (Å²) in [6.45, 7) is 4.11. The van der Waals surface area contributed by atoms with Crippen LogP contribution in [0.4, 0.5) is 5.82 Å². The fourth-order valence-electron chi connectivity index (χ4n) is 2.41. The molecule has 2 N–H and O–H groups in total. The molecule has 0 amide bonds. The third-order valence-corrected chi connectivity index (χ3v) is 3.91. The lowest BCUT2D eigenvalue weighted by Gasteiger charge is -2.04. The third-order valence-electron chi connectivity index (χ3n) is 3.21. The van der Waals surface area contributed by atoms with E-state index in [2.05, 4.69) is 33.9 Å². The zero-order valence-electron chi connectivity index (χ0n) is 10.8. The Kier molecular flexibility index (Phi) is 2.82. The van der Waals surface area contributed by atoms with Gasteiger partial charge in [0.05, 0.1) is 0 Å². The number of nitrogens with zero attached hydrogens (tertiary/aromatic N) is 2. The number of halogens is 1. The summed E-state index contributed by atoms with van der Waals surface area (Å²) < 4.78 is 2.99. The highest BCUT2D eigenvalue weighted by molar-refractivity contribution is 9.10. The minimum Gasteiger partial charge on any atom is -0.383 e. The van der Waals surface area contributed by atoms with Crippen LogP contribution in [0.5, 0.6) is 0 Å². The molecule has 0 aliphatic heterocycles. The normalized spacial score (nSPS) is 11.1. The number of hydrogen-bond donors (Lipinski definition) is 1. The molecule has 96 valence electrons. The number of aromatic nitrogens is 2. The van der Waals surface area contributed by atoms with Gasteiger partial charge in [-0.2, -0.15) is 0 Å². The van der Waals surface area contributed by atoms with Crippen LogP contribution in [0.25, 0.3) is 16.9 Å². The van der Waals surface area contributed by atoms with Crippen LogP contribution in [0.15, 0.2) is 40.9 Å². The van der Waals surface area contributed by atoms with Gasteiger partial charge >= 0.3 is 0 Å². The number of anilines is 1. The Labute approximate surface area is 120 Å². The second kappa shape index (κ2) is 4.38. The van der Waals surface area contributed by atoms with Gasteiger partial charge in [-0.3, -0.25) is 4.40 Å². The maximum atomic E-state index is 6.27. The summed E-state index contributed by atoms with van der Waals surface area (Å²) in [7, 11) is 0. The molecule has 3 rings (SSSR count). The highest BCUT2D eigenvalue weighted by atomic mass is 79.9. The van der Waals surface area contributed by atoms with Gasteiger partial charge < -0.3 is 5.73 Å². The van der Waals surface area contributed by atoms with Crippen molar-refractivity contribution in [2.24, 2.45) is 0 Å². The van der Waals surface area contributed by atoms with Gasteiger partial charge in [-0.1, -0.05) is 34.1 Å². The van der Waals surface area contributed by atoms with Gasteiger partial charge in [0.25, 0.3) is 0 Å². The monoisotopic (exact) mass is 315 g/mol. The van der Waals surface area contributed by atoms with Gasteiger partial charge in [-0.25, -0.2) is 4.98 Å². The molecule has 4 heteroatoms. The van der Waals surface area contributed by atoms with Crippen molar-refractivity contribution in [2.75, 3.05) is 5.73 Å². The predicted octanol–water partition coefficient (Wildman–Crippen LogP) is 3.96. The van der Waals surface area contributed by atoms with Crippen LogP contribution < -0.4 is 5.73 Å². The summed E-state index contributed by atoms with van der Waals surface area (Å²) in [6.07, 6.45) is 0. The molecule has 0 saturated carbocycles. The van der Waals surface area contributed by atoms with E-state index < -0.39 is 0 Å². The highest BCUT2D eigenvalue weighted by Gasteiger charge is 2.14. The Morgan fingerprint density at radius 1 is 1.16 bits per heavy atom. The first-order valence-corrected chi connectivity index (χ1v) is 6.87. The van der Waals surface area contributed by atoms with E-state index in [1.165, 1.54) is 5.56 Å². The summed E-state index contributed by atoms with van der Waals surface area (Å²) >= 11 is 3.55. The van der Waals surface area contributed by atoms with E-state index in [0.717, 1.165) is 27.1 Å². The summed E-state index contributed by atoms with van der Waals surface area (Å²) in [4.78, 5) is 4.67. The smallest absolute Gasteiger partial charge is 0.139 e. The van der Waals surface area contributed by atoms with E-state index in [-0.39, 0.29) is 0 Å². The Balaban J connectivity index is 2.35. The summed E-state index contributed by atoms with van der Waals surface area (Å²) in [6, 6.07) is 12.1. The molecule has 0 spiro atoms. The van der Waals surface area contributed by atoms with Crippen molar-refractivity contribution in [2.45, 2.75) is 13.8 Å². The van der Waals surface area contributed by atoms with Crippen molar-refractivity contribution in [3.8, 4) is 11.3 Å². The molecule has 19 heavy (non-hydrogen) atoms. The Bertz CT molecular complexity index is 774. The van der Waals surface area contributed by atoms with E-state index >= 15 is 0 Å². The average Bonchev–Trinajstić information content (AvgIpc) is 2.67. The first-order valence-electron chi connectivity index (χ1n) is 6.08. The standard InChI is InChI=1S/C15H14BrN3/c1-9-7-10(2)19-13(8-9)18-14(15(19)17)11-5-3-4-6-12(11)16/h3-8H,17H2,1-2H3. The van der Waals surface area contributed by atoms with Gasteiger partial charge in [-0.15, -0.1) is 0 Å². The van der Waals surface area contributed by atoms with Crippen LogP contribution in [-0.4, -0.2) is 9.38 Å². The molecule has 1 aromatic carbocycles. The average molecular weight is 316 g/mol. The van der Waals surface area contributed by atoms with Gasteiger partial charge in [0.1, 0.15) is 17.2 Å². The van der Waals surface area contributed by atoms with Crippen molar-refractivity contribution in [3.05, 3.63) is 52.1 Å². The van der Waals surface area contributed by atoms with Crippen molar-refractivity contribution in [1.82, 2.24) is 9.38 Å². The largest absolute Gasteiger partial charge is 0.383 e. The van der Waals surface area contributed by atoms with Crippen molar-refractivity contribution in [1.29, 1.82) is 0 Å². The molecule has 0 aliphatic carbocycles. The molecule has 3 nitrogen and oxygen atoms in total. The van der Waals surface area contributed by atoms with Crippen molar-refractivity contribution in [3.63, 3.8) is 0 Å². The maximum Gasteiger partial charge on any atom is 0.139 e. The molecular formula is C15H14BrN3. The molecule has 0 aliphatic rings. The number of imidazole rings is 1. The zero-order chi connectivity index (χ0) is 13.6. The van der Waals surface area contributed by atoms with E-state index in [0.29, 0.717) is 5.82 Å². The van der Waals surface area contributed by atoms with Gasteiger partial charge in [-0.05, 0) is 37.6 Å². The molecule has 2 heterocycles. The van der Waals surface area contributed by atoms with Crippen LogP contribution in [-0.2, 0) is 0 Å². The topological polar surface area (TPSA) is 43.3 Å². The second-order valence-electron chi connectivity index (χ2n) is 4.69. The van der Waals surface area contributed by atoms with E-state index in [9.17, 15) is 0 Å². The van der Waals surface area contributed by atoms with E-state index in [1.54, 1.807) is 0 Å². The zero-order valence-corrected chi connectivity index (χ0v) is 12.4. The Morgan fingerprint density at radius 2 is 1.89 bits per heavy atom. The lowest BCUT2D eigenvalue weighted by atomic mass is 10.1. The molecule has 0 atom stereocenters. The molecule has 0 radical (unpaired) electrons. The Morgan fingerprint density at radius 3 is 2.63 bits per heavy atom. The van der Waals surface area contributed by atoms with Crippen molar-refractivity contribution >= 4 is 27.4 Å². The SMILES string of the molecule is Cc1cc(C)n2c(N)c(-c3ccccc3Br)nc2c1. The van der Waals surface area contributed by atoms with Crippen LogP contribution in [0.2, 0.25) is 0 Å². The van der Waals surface area contributed by atoms with Crippen molar-refractivity contribution < 1.29 is 0 Å². The molecule has 2 aromatic heterocycles. The summed E-state index contributed by atoms with van der Waals surface area (Å²) in [5.41, 5.74) is 11.3. The third kappa shape index (κ3) is 1.92. The number of pyridine rings is 1. The second-order valence-corrected chi connectivity index (χ2v) is 5.55. The number of aryl methyl sites for hydroxylation is 2. The number of fused-ring (bicyclic) bond motifs is 1. The summed E-state index contributed by atoms with van der Waals surface area (Å²) in [5.74, 6) is 0.680. The van der Waals surface area contributed by atoms with Gasteiger partial charge in [0, 0.05) is 15.7 Å². The van der Waals surface area contributed by atoms with E-state index in [4.69, 9.17) is 5.73 Å². The maximum absolute atomic E-state index is 6.27. The highest BCUT2D eigenvalue weighted by Crippen LogP contribution is 2.32. The molecule has 0 saturated heterocycles. The van der Waals surface area contributed by atoms with Crippen LogP contribution in [0.3, 0.4) is 0 Å². The van der Waals surface area contributed by atoms with Crippen LogP contribution in [0.1, 0.15) is 11.3 Å². The van der Waals surface area contributed by atoms with Crippen LogP contribution >= 0.6 is 15.9 Å². The quantitative estimate of drug-likeness (QED) is 0.738. The van der Waals surface area contributed by atoms with Crippen LogP contribution in [0, 0.1) is 13.8 Å². The molecule has 3 aromatic rings. The predicted molar refractivity (Wildman–Crippen MR) is 82.2 cm³/mol. The number of nitrogen functional groups attached to an aromatic ring is 1. The number of hydrogen-bond acceptors (Lipinski definition) is 2. The first-order chi connectivity index (χ1) is 9.08. The molecule has 0 unspecified atom stereocenters. The molecule has 0 fully saturated rings. The van der Waals surface area contributed by atoms with E-state index in [1.807, 2.05) is 41.7 Å². The number of rotatable bonds is 1. The summed E-state index contributed by atoms with van der Waals surface area (Å²) in [5, 5.41) is 0.